The standard InChI is InChI=1S/C15H26O3/c1-15(2)9-11-12(16)7-10(15)8-13(11)18-14-5-3-4-6-17-14/h10-14,16H,3-9H2,1-2H3/t10-,11-,12+,13-,14-/m0/s1. The summed E-state index contributed by atoms with van der Waals surface area (Å²) in [6.07, 6.45) is 6.59. The largest absolute Gasteiger partial charge is 0.393 e. The quantitative estimate of drug-likeness (QED) is 0.823. The minimum Gasteiger partial charge on any atom is -0.393 e. The molecule has 3 saturated carbocycles. The van der Waals surface area contributed by atoms with Crippen molar-refractivity contribution in [1.29, 1.82) is 0 Å². The molecule has 1 aliphatic heterocycles. The van der Waals surface area contributed by atoms with Crippen molar-refractivity contribution in [3.8, 4) is 0 Å². The van der Waals surface area contributed by atoms with E-state index in [2.05, 4.69) is 13.8 Å². The molecule has 4 rings (SSSR count). The zero-order valence-corrected chi connectivity index (χ0v) is 11.6. The monoisotopic (exact) mass is 254 g/mol. The summed E-state index contributed by atoms with van der Waals surface area (Å²) in [5, 5.41) is 10.2. The second-order valence-electron chi connectivity index (χ2n) is 7.06. The Kier molecular flexibility index (Phi) is 3.41. The topological polar surface area (TPSA) is 38.7 Å². The van der Waals surface area contributed by atoms with Gasteiger partial charge in [-0.1, -0.05) is 13.8 Å². The van der Waals surface area contributed by atoms with Gasteiger partial charge >= 0.3 is 0 Å². The number of aliphatic hydroxyl groups is 1. The van der Waals surface area contributed by atoms with Gasteiger partial charge in [0.25, 0.3) is 0 Å². The third-order valence-corrected chi connectivity index (χ3v) is 5.35. The van der Waals surface area contributed by atoms with Gasteiger partial charge in [-0.3, -0.25) is 0 Å². The Balaban J connectivity index is 1.64. The van der Waals surface area contributed by atoms with Gasteiger partial charge in [0, 0.05) is 12.5 Å². The van der Waals surface area contributed by atoms with Gasteiger partial charge in [0.1, 0.15) is 0 Å². The van der Waals surface area contributed by atoms with Crippen LogP contribution in [-0.2, 0) is 9.47 Å². The molecule has 0 radical (unpaired) electrons. The summed E-state index contributed by atoms with van der Waals surface area (Å²) in [5.74, 6) is 0.918. The van der Waals surface area contributed by atoms with Crippen molar-refractivity contribution in [3.63, 3.8) is 0 Å². The van der Waals surface area contributed by atoms with Gasteiger partial charge < -0.3 is 14.6 Å². The van der Waals surface area contributed by atoms with Crippen LogP contribution in [0.4, 0.5) is 0 Å². The number of rotatable bonds is 2. The molecule has 1 heterocycles. The molecule has 104 valence electrons. The molecule has 0 aromatic rings. The van der Waals surface area contributed by atoms with E-state index >= 15 is 0 Å². The van der Waals surface area contributed by atoms with Crippen molar-refractivity contribution >= 4 is 0 Å². The lowest BCUT2D eigenvalue weighted by Crippen LogP contribution is -2.54. The zero-order chi connectivity index (χ0) is 12.8. The molecule has 3 nitrogen and oxygen atoms in total. The molecule has 5 atom stereocenters. The van der Waals surface area contributed by atoms with E-state index in [9.17, 15) is 5.11 Å². The fraction of sp³-hybridized carbons (Fsp3) is 1.00. The second-order valence-corrected chi connectivity index (χ2v) is 7.06. The Hall–Kier alpha value is -0.120. The Morgan fingerprint density at radius 2 is 2.06 bits per heavy atom. The molecule has 2 bridgehead atoms. The van der Waals surface area contributed by atoms with E-state index in [0.717, 1.165) is 38.7 Å². The lowest BCUT2D eigenvalue weighted by atomic mass is 9.55. The highest BCUT2D eigenvalue weighted by molar-refractivity contribution is 5.00. The van der Waals surface area contributed by atoms with Crippen LogP contribution in [0.15, 0.2) is 0 Å². The van der Waals surface area contributed by atoms with Gasteiger partial charge in [-0.15, -0.1) is 0 Å². The molecule has 1 saturated heterocycles. The van der Waals surface area contributed by atoms with Crippen molar-refractivity contribution in [3.05, 3.63) is 0 Å². The first-order valence-electron chi connectivity index (χ1n) is 7.51. The number of hydrogen-bond acceptors (Lipinski definition) is 3. The van der Waals surface area contributed by atoms with E-state index in [0.29, 0.717) is 17.3 Å². The normalized spacial score (nSPS) is 47.2. The van der Waals surface area contributed by atoms with Crippen molar-refractivity contribution in [2.75, 3.05) is 6.61 Å². The van der Waals surface area contributed by atoms with Crippen LogP contribution >= 0.6 is 0 Å². The Morgan fingerprint density at radius 1 is 1.22 bits per heavy atom. The van der Waals surface area contributed by atoms with Crippen LogP contribution in [0.5, 0.6) is 0 Å². The summed E-state index contributed by atoms with van der Waals surface area (Å²) in [4.78, 5) is 0. The summed E-state index contributed by atoms with van der Waals surface area (Å²) < 4.78 is 11.8. The molecule has 4 fully saturated rings. The van der Waals surface area contributed by atoms with E-state index in [4.69, 9.17) is 9.47 Å². The van der Waals surface area contributed by atoms with Crippen LogP contribution in [0.25, 0.3) is 0 Å². The number of aliphatic hydroxyl groups excluding tert-OH is 1. The van der Waals surface area contributed by atoms with Crippen LogP contribution in [0.2, 0.25) is 0 Å². The lowest BCUT2D eigenvalue weighted by molar-refractivity contribution is -0.239. The predicted molar refractivity (Wildman–Crippen MR) is 69.1 cm³/mol. The third kappa shape index (κ3) is 2.33. The van der Waals surface area contributed by atoms with Crippen molar-refractivity contribution in [1.82, 2.24) is 0 Å². The Morgan fingerprint density at radius 3 is 2.72 bits per heavy atom. The molecule has 0 amide bonds. The first-order chi connectivity index (χ1) is 8.56. The second kappa shape index (κ2) is 4.77. The summed E-state index contributed by atoms with van der Waals surface area (Å²) in [6.45, 7) is 5.51. The highest BCUT2D eigenvalue weighted by Gasteiger charge is 2.51. The fourth-order valence-corrected chi connectivity index (χ4v) is 4.12. The average molecular weight is 254 g/mol. The van der Waals surface area contributed by atoms with Gasteiger partial charge in [-0.25, -0.2) is 0 Å². The highest BCUT2D eigenvalue weighted by atomic mass is 16.7. The van der Waals surface area contributed by atoms with E-state index in [1.165, 1.54) is 6.42 Å². The predicted octanol–water partition coefficient (Wildman–Crippen LogP) is 2.72. The first-order valence-corrected chi connectivity index (χ1v) is 7.51. The van der Waals surface area contributed by atoms with Crippen molar-refractivity contribution in [2.45, 2.75) is 70.9 Å². The molecule has 0 unspecified atom stereocenters. The smallest absolute Gasteiger partial charge is 0.157 e. The molecular weight excluding hydrogens is 228 g/mol. The van der Waals surface area contributed by atoms with Crippen LogP contribution in [-0.4, -0.2) is 30.2 Å². The highest BCUT2D eigenvalue weighted by Crippen LogP contribution is 2.53. The van der Waals surface area contributed by atoms with Crippen LogP contribution in [0.1, 0.15) is 52.4 Å². The molecule has 1 N–H and O–H groups in total. The van der Waals surface area contributed by atoms with Gasteiger partial charge in [0.15, 0.2) is 6.29 Å². The summed E-state index contributed by atoms with van der Waals surface area (Å²) in [6, 6.07) is 0. The Labute approximate surface area is 110 Å². The van der Waals surface area contributed by atoms with Gasteiger partial charge in [-0.2, -0.15) is 0 Å². The maximum Gasteiger partial charge on any atom is 0.157 e. The third-order valence-electron chi connectivity index (χ3n) is 5.35. The number of fused-ring (bicyclic) bond motifs is 3. The minimum absolute atomic E-state index is 0.0154. The van der Waals surface area contributed by atoms with Crippen molar-refractivity contribution < 1.29 is 14.6 Å². The fourth-order valence-electron chi connectivity index (χ4n) is 4.12. The number of ether oxygens (including phenoxy) is 2. The molecule has 0 aromatic carbocycles. The summed E-state index contributed by atoms with van der Waals surface area (Å²) >= 11 is 0. The molecule has 18 heavy (non-hydrogen) atoms. The van der Waals surface area contributed by atoms with Gasteiger partial charge in [0.2, 0.25) is 0 Å². The average Bonchev–Trinajstić information content (AvgIpc) is 2.33. The molecule has 3 aliphatic carbocycles. The minimum atomic E-state index is -0.162. The van der Waals surface area contributed by atoms with E-state index < -0.39 is 0 Å². The van der Waals surface area contributed by atoms with E-state index in [-0.39, 0.29) is 18.5 Å². The van der Waals surface area contributed by atoms with Crippen molar-refractivity contribution in [2.24, 2.45) is 17.3 Å². The summed E-state index contributed by atoms with van der Waals surface area (Å²) in [5.41, 5.74) is 0.372. The zero-order valence-electron chi connectivity index (χ0n) is 11.6. The van der Waals surface area contributed by atoms with E-state index in [1.807, 2.05) is 0 Å². The van der Waals surface area contributed by atoms with Crippen LogP contribution < -0.4 is 0 Å². The molecule has 4 aliphatic rings. The van der Waals surface area contributed by atoms with E-state index in [1.54, 1.807) is 0 Å². The van der Waals surface area contributed by atoms with Gasteiger partial charge in [0.05, 0.1) is 12.2 Å². The molecule has 0 aromatic heterocycles. The molecule has 3 heteroatoms. The van der Waals surface area contributed by atoms with Crippen LogP contribution in [0.3, 0.4) is 0 Å². The summed E-state index contributed by atoms with van der Waals surface area (Å²) in [7, 11) is 0. The molecular formula is C15H26O3. The SMILES string of the molecule is CC1(C)C[C@H]2[C@H](O)C[C@H]1C[C@@H]2O[C@H]1CCCCO1. The Bertz CT molecular complexity index is 296. The maximum absolute atomic E-state index is 10.2. The lowest BCUT2D eigenvalue weighted by Gasteiger charge is -2.54. The van der Waals surface area contributed by atoms with Gasteiger partial charge in [-0.05, 0) is 49.9 Å². The maximum atomic E-state index is 10.2. The number of hydrogen-bond donors (Lipinski definition) is 1. The van der Waals surface area contributed by atoms with Crippen LogP contribution in [0, 0.1) is 17.3 Å². The molecule has 0 spiro atoms. The first kappa shape index (κ1) is 12.9.